The highest BCUT2D eigenvalue weighted by molar-refractivity contribution is 5.86. The van der Waals surface area contributed by atoms with Crippen LogP contribution < -0.4 is 5.32 Å². The minimum Gasteiger partial charge on any atom is -0.347 e. The van der Waals surface area contributed by atoms with Gasteiger partial charge in [-0.3, -0.25) is 9.59 Å². The molecule has 0 saturated heterocycles. The van der Waals surface area contributed by atoms with Gasteiger partial charge in [0.1, 0.15) is 0 Å². The number of rotatable bonds is 2. The van der Waals surface area contributed by atoms with E-state index in [4.69, 9.17) is 0 Å². The van der Waals surface area contributed by atoms with Crippen molar-refractivity contribution in [3.05, 3.63) is 0 Å². The summed E-state index contributed by atoms with van der Waals surface area (Å²) in [6.07, 6.45) is 0. The maximum Gasteiger partial charge on any atom is 0.217 e. The van der Waals surface area contributed by atoms with E-state index in [9.17, 15) is 9.59 Å². The lowest BCUT2D eigenvalue weighted by molar-refractivity contribution is -0.125. The predicted octanol–water partition coefficient (Wildman–Crippen LogP) is 1.37. The van der Waals surface area contributed by atoms with Gasteiger partial charge in [-0.1, -0.05) is 13.8 Å². The van der Waals surface area contributed by atoms with E-state index in [0.29, 0.717) is 0 Å². The van der Waals surface area contributed by atoms with Crippen molar-refractivity contribution < 1.29 is 11.0 Å². The van der Waals surface area contributed by atoms with E-state index >= 15 is 0 Å². The molecule has 3 nitrogen and oxygen atoms in total. The number of hydrogen-bond donors (Lipinski definition) is 1. The Morgan fingerprint density at radius 2 is 1.64 bits per heavy atom. The number of amides is 1. The van der Waals surface area contributed by atoms with E-state index in [0.717, 1.165) is 0 Å². The van der Waals surface area contributed by atoms with Crippen LogP contribution in [0.25, 0.3) is 0 Å². The van der Waals surface area contributed by atoms with E-state index in [-0.39, 0.29) is 19.2 Å². The molecule has 0 spiro atoms. The van der Waals surface area contributed by atoms with Crippen molar-refractivity contribution in [3.8, 4) is 0 Å². The Balaban J connectivity index is -0.000000249. The molecular formula is C8H19NO2. The molecule has 0 fully saturated rings. The summed E-state index contributed by atoms with van der Waals surface area (Å²) >= 11 is 0. The van der Waals surface area contributed by atoms with Crippen LogP contribution in [0.4, 0.5) is 0 Å². The molecule has 0 aromatic rings. The van der Waals surface area contributed by atoms with Crippen LogP contribution in [-0.4, -0.2) is 17.7 Å². The summed E-state index contributed by atoms with van der Waals surface area (Å²) in [6.45, 7) is 8.49. The first-order chi connectivity index (χ1) is 5.04. The minimum atomic E-state index is -0.345. The van der Waals surface area contributed by atoms with E-state index < -0.39 is 0 Å². The van der Waals surface area contributed by atoms with Crippen molar-refractivity contribution in [3.63, 3.8) is 0 Å². The zero-order valence-electron chi connectivity index (χ0n) is 7.89. The van der Waals surface area contributed by atoms with Crippen molar-refractivity contribution in [2.24, 2.45) is 0 Å². The van der Waals surface area contributed by atoms with Gasteiger partial charge in [0.25, 0.3) is 0 Å². The van der Waals surface area contributed by atoms with Crippen LogP contribution in [0, 0.1) is 0 Å². The summed E-state index contributed by atoms with van der Waals surface area (Å²) in [5, 5.41) is 2.45. The van der Waals surface area contributed by atoms with Gasteiger partial charge in [0.05, 0.1) is 6.04 Å². The van der Waals surface area contributed by atoms with Gasteiger partial charge in [-0.2, -0.15) is 0 Å². The monoisotopic (exact) mass is 161 g/mol. The molecule has 0 unspecified atom stereocenters. The highest BCUT2D eigenvalue weighted by atomic mass is 16.2. The Kier molecular flexibility index (Phi) is 8.43. The third kappa shape index (κ3) is 9.14. The van der Waals surface area contributed by atoms with Crippen molar-refractivity contribution in [2.75, 3.05) is 0 Å². The average molecular weight is 161 g/mol. The quantitative estimate of drug-likeness (QED) is 0.665. The van der Waals surface area contributed by atoms with Gasteiger partial charge in [0, 0.05) is 8.35 Å². The molecule has 0 saturated carbocycles. The summed E-state index contributed by atoms with van der Waals surface area (Å²) in [5.41, 5.74) is 0. The third-order valence-corrected chi connectivity index (χ3v) is 1.03. The Morgan fingerprint density at radius 3 is 1.73 bits per heavy atom. The second-order valence-corrected chi connectivity index (χ2v) is 2.03. The van der Waals surface area contributed by atoms with Crippen LogP contribution >= 0.6 is 0 Å². The minimum absolute atomic E-state index is 0. The molecule has 0 bridgehead atoms. The van der Waals surface area contributed by atoms with Gasteiger partial charge in [0.15, 0.2) is 5.78 Å². The maximum absolute atomic E-state index is 10.5. The largest absolute Gasteiger partial charge is 0.347 e. The second-order valence-electron chi connectivity index (χ2n) is 2.03. The lowest BCUT2D eigenvalue weighted by atomic mass is 10.2. The molecule has 1 N–H and O–H groups in total. The Hall–Kier alpha value is -0.860. The van der Waals surface area contributed by atoms with Gasteiger partial charge >= 0.3 is 0 Å². The van der Waals surface area contributed by atoms with Gasteiger partial charge < -0.3 is 5.32 Å². The fourth-order valence-electron chi connectivity index (χ4n) is 0.407. The zero-order chi connectivity index (χ0) is 9.44. The molecule has 0 aliphatic rings. The molecule has 0 aliphatic heterocycles. The van der Waals surface area contributed by atoms with E-state index in [1.807, 2.05) is 13.8 Å². The molecule has 1 atom stereocenters. The van der Waals surface area contributed by atoms with Crippen LogP contribution in [-0.2, 0) is 9.59 Å². The summed E-state index contributed by atoms with van der Waals surface area (Å²) < 4.78 is 0. The number of carbonyl (C=O) groups excluding carboxylic acids is 2. The summed E-state index contributed by atoms with van der Waals surface area (Å²) in [5.74, 6) is -0.192. The number of carbonyl (C=O) groups is 2. The van der Waals surface area contributed by atoms with Crippen LogP contribution in [0.15, 0.2) is 0 Å². The zero-order valence-corrected chi connectivity index (χ0v) is 7.89. The highest BCUT2D eigenvalue weighted by Crippen LogP contribution is 1.81. The van der Waals surface area contributed by atoms with Crippen molar-refractivity contribution in [2.45, 2.75) is 40.7 Å². The smallest absolute Gasteiger partial charge is 0.217 e. The summed E-state index contributed by atoms with van der Waals surface area (Å²) in [7, 11) is 0. The fraction of sp³-hybridized carbons (Fsp3) is 0.750. The SMILES string of the molecule is CC.CC(=O)N[C@H](C)C(C)=O.[HH]. The molecule has 0 aromatic carbocycles. The molecule has 11 heavy (non-hydrogen) atoms. The molecule has 3 heteroatoms. The average Bonchev–Trinajstić information content (AvgIpc) is 1.90. The maximum atomic E-state index is 10.5. The summed E-state index contributed by atoms with van der Waals surface area (Å²) in [4.78, 5) is 20.8. The molecule has 0 rings (SSSR count). The molecule has 1 amide bonds. The molecule has 0 radical (unpaired) electrons. The molecular weight excluding hydrogens is 142 g/mol. The molecule has 0 aliphatic carbocycles. The lowest BCUT2D eigenvalue weighted by Crippen LogP contribution is -2.35. The molecule has 0 heterocycles. The van der Waals surface area contributed by atoms with Gasteiger partial charge in [-0.05, 0) is 13.8 Å². The van der Waals surface area contributed by atoms with Crippen molar-refractivity contribution in [1.29, 1.82) is 0 Å². The van der Waals surface area contributed by atoms with E-state index in [1.54, 1.807) is 6.92 Å². The van der Waals surface area contributed by atoms with Gasteiger partial charge in [-0.15, -0.1) is 0 Å². The predicted molar refractivity (Wildman–Crippen MR) is 47.4 cm³/mol. The Morgan fingerprint density at radius 1 is 1.27 bits per heavy atom. The first kappa shape index (κ1) is 12.8. The standard InChI is InChI=1S/C6H11NO2.C2H6.H2/c1-4(5(2)8)7-6(3)9;1-2;/h4H,1-3H3,(H,7,9);1-2H3;1H/t4-;;/m1../s1. The van der Waals surface area contributed by atoms with Crippen LogP contribution in [0.2, 0.25) is 0 Å². The normalized spacial score (nSPS) is 10.6. The van der Waals surface area contributed by atoms with Crippen LogP contribution in [0.3, 0.4) is 0 Å². The van der Waals surface area contributed by atoms with Crippen LogP contribution in [0.1, 0.15) is 36.0 Å². The van der Waals surface area contributed by atoms with Crippen molar-refractivity contribution >= 4 is 11.7 Å². The Labute approximate surface area is 69.7 Å². The molecule has 68 valence electrons. The fourth-order valence-corrected chi connectivity index (χ4v) is 0.407. The number of ketones is 1. The Bertz CT molecular complexity index is 137. The lowest BCUT2D eigenvalue weighted by Gasteiger charge is -2.06. The number of Topliss-reactive ketones (excluding diaryl/α,β-unsaturated/α-hetero) is 1. The number of nitrogens with one attached hydrogen (secondary N) is 1. The second kappa shape index (κ2) is 7.25. The topological polar surface area (TPSA) is 46.2 Å². The van der Waals surface area contributed by atoms with E-state index in [1.165, 1.54) is 13.8 Å². The molecule has 0 aromatic heterocycles. The van der Waals surface area contributed by atoms with Crippen LogP contribution in [0.5, 0.6) is 0 Å². The van der Waals surface area contributed by atoms with E-state index in [2.05, 4.69) is 5.32 Å². The van der Waals surface area contributed by atoms with Gasteiger partial charge in [0.2, 0.25) is 5.91 Å². The third-order valence-electron chi connectivity index (χ3n) is 1.03. The van der Waals surface area contributed by atoms with Crippen molar-refractivity contribution in [1.82, 2.24) is 5.32 Å². The summed E-state index contributed by atoms with van der Waals surface area (Å²) in [6, 6.07) is -0.345. The first-order valence-corrected chi connectivity index (χ1v) is 3.81. The van der Waals surface area contributed by atoms with Gasteiger partial charge in [-0.25, -0.2) is 0 Å². The first-order valence-electron chi connectivity index (χ1n) is 3.81. The highest BCUT2D eigenvalue weighted by Gasteiger charge is 2.06. The number of hydrogen-bond acceptors (Lipinski definition) is 2.